The molecule has 0 bridgehead atoms. The van der Waals surface area contributed by atoms with Crippen molar-refractivity contribution in [3.8, 4) is 0 Å². The summed E-state index contributed by atoms with van der Waals surface area (Å²) >= 11 is 5.80. The first-order valence-corrected chi connectivity index (χ1v) is 4.71. The molecule has 0 amide bonds. The lowest BCUT2D eigenvalue weighted by Crippen LogP contribution is -1.84. The lowest BCUT2D eigenvalue weighted by atomic mass is 10.2. The van der Waals surface area contributed by atoms with Crippen LogP contribution < -0.4 is 11.5 Å². The van der Waals surface area contributed by atoms with Crippen LogP contribution in [0, 0.1) is 0 Å². The van der Waals surface area contributed by atoms with Gasteiger partial charge >= 0.3 is 0 Å². The number of nitrogens with two attached hydrogens (primary N) is 2. The molecule has 4 N–H and O–H groups in total. The van der Waals surface area contributed by atoms with Gasteiger partial charge in [0, 0.05) is 15.8 Å². The van der Waals surface area contributed by atoms with Crippen LogP contribution in [0.3, 0.4) is 0 Å². The van der Waals surface area contributed by atoms with Crippen molar-refractivity contribution in [2.24, 2.45) is 0 Å². The van der Waals surface area contributed by atoms with Crippen molar-refractivity contribution in [1.82, 2.24) is 0 Å². The van der Waals surface area contributed by atoms with Gasteiger partial charge in [0.2, 0.25) is 0 Å². The second-order valence-corrected chi connectivity index (χ2v) is 4.38. The number of anilines is 2. The average Bonchev–Trinajstić information content (AvgIpc) is 2.28. The predicted octanol–water partition coefficient (Wildman–Crippen LogP) is 2.35. The lowest BCUT2D eigenvalue weighted by molar-refractivity contribution is 1.72. The van der Waals surface area contributed by atoms with Gasteiger partial charge < -0.3 is 11.5 Å². The highest BCUT2D eigenvalue weighted by molar-refractivity contribution is 7.83. The third kappa shape index (κ3) is 1.04. The maximum Gasteiger partial charge on any atom is 0.0811 e. The molecule has 4 heteroatoms. The van der Waals surface area contributed by atoms with Gasteiger partial charge in [0.1, 0.15) is 0 Å². The molecule has 0 spiro atoms. The number of thiol groups is 1. The molecule has 0 aliphatic heterocycles. The Balaban J connectivity index is 2.87. The van der Waals surface area contributed by atoms with Crippen molar-refractivity contribution >= 4 is 45.4 Å². The zero-order chi connectivity index (χ0) is 8.72. The minimum atomic E-state index is 0.748. The van der Waals surface area contributed by atoms with Crippen LogP contribution in [-0.2, 0) is 0 Å². The molecule has 1 aromatic carbocycles. The fourth-order valence-corrected chi connectivity index (χ4v) is 2.45. The molecule has 1 heterocycles. The van der Waals surface area contributed by atoms with Crippen LogP contribution in [0.25, 0.3) is 10.1 Å². The second kappa shape index (κ2) is 2.57. The molecule has 1 aromatic heterocycles. The van der Waals surface area contributed by atoms with Crippen molar-refractivity contribution in [3.63, 3.8) is 0 Å². The van der Waals surface area contributed by atoms with E-state index in [1.165, 1.54) is 0 Å². The molecule has 0 fully saturated rings. The van der Waals surface area contributed by atoms with Gasteiger partial charge in [-0.05, 0) is 18.2 Å². The van der Waals surface area contributed by atoms with E-state index in [-0.39, 0.29) is 0 Å². The summed E-state index contributed by atoms with van der Waals surface area (Å²) < 4.78 is 1.95. The fraction of sp³-hybridized carbons (Fsp3) is 0. The number of hydrogen-bond donors (Lipinski definition) is 3. The molecule has 0 radical (unpaired) electrons. The van der Waals surface area contributed by atoms with Crippen molar-refractivity contribution < 1.29 is 0 Å². The summed E-state index contributed by atoms with van der Waals surface area (Å²) in [6, 6.07) is 5.69. The number of rotatable bonds is 0. The van der Waals surface area contributed by atoms with E-state index < -0.39 is 0 Å². The number of thiophene rings is 1. The van der Waals surface area contributed by atoms with Crippen molar-refractivity contribution in [2.75, 3.05) is 11.5 Å². The maximum absolute atomic E-state index is 5.78. The number of nitrogen functional groups attached to an aromatic ring is 2. The Morgan fingerprint density at radius 2 is 2.00 bits per heavy atom. The van der Waals surface area contributed by atoms with E-state index in [2.05, 4.69) is 12.6 Å². The molecule has 0 atom stereocenters. The molecule has 0 aliphatic carbocycles. The maximum atomic E-state index is 5.78. The summed E-state index contributed by atoms with van der Waals surface area (Å²) in [6.45, 7) is 0. The van der Waals surface area contributed by atoms with Crippen LogP contribution in [0.4, 0.5) is 11.4 Å². The minimum absolute atomic E-state index is 0.748. The Kier molecular flexibility index (Phi) is 1.66. The van der Waals surface area contributed by atoms with Crippen molar-refractivity contribution in [2.45, 2.75) is 4.21 Å². The number of hydrogen-bond acceptors (Lipinski definition) is 4. The summed E-state index contributed by atoms with van der Waals surface area (Å²) in [6.07, 6.45) is 0. The summed E-state index contributed by atoms with van der Waals surface area (Å²) in [5.74, 6) is 0. The first-order chi connectivity index (χ1) is 5.68. The Morgan fingerprint density at radius 1 is 1.25 bits per heavy atom. The Morgan fingerprint density at radius 3 is 2.75 bits per heavy atom. The molecule has 62 valence electrons. The molecule has 0 saturated carbocycles. The Hall–Kier alpha value is -0.870. The first kappa shape index (κ1) is 7.76. The van der Waals surface area contributed by atoms with Gasteiger partial charge in [-0.3, -0.25) is 0 Å². The van der Waals surface area contributed by atoms with Crippen LogP contribution in [-0.4, -0.2) is 0 Å². The summed E-state index contributed by atoms with van der Waals surface area (Å²) in [5, 5.41) is 1.04. The van der Waals surface area contributed by atoms with E-state index in [0.717, 1.165) is 25.7 Å². The smallest absolute Gasteiger partial charge is 0.0811 e. The highest BCUT2D eigenvalue weighted by Crippen LogP contribution is 2.36. The van der Waals surface area contributed by atoms with E-state index >= 15 is 0 Å². The summed E-state index contributed by atoms with van der Waals surface area (Å²) in [5.41, 5.74) is 12.9. The van der Waals surface area contributed by atoms with Crippen LogP contribution in [0.5, 0.6) is 0 Å². The molecule has 2 nitrogen and oxygen atoms in total. The minimum Gasteiger partial charge on any atom is -0.399 e. The normalized spacial score (nSPS) is 10.8. The van der Waals surface area contributed by atoms with Crippen LogP contribution >= 0.6 is 24.0 Å². The second-order valence-electron chi connectivity index (χ2n) is 2.58. The van der Waals surface area contributed by atoms with Crippen LogP contribution in [0.15, 0.2) is 22.4 Å². The number of benzene rings is 1. The van der Waals surface area contributed by atoms with Gasteiger partial charge in [-0.1, -0.05) is 0 Å². The molecule has 12 heavy (non-hydrogen) atoms. The Bertz CT molecular complexity index is 434. The third-order valence-corrected chi connectivity index (χ3v) is 3.22. The molecule has 0 saturated heterocycles. The van der Waals surface area contributed by atoms with Gasteiger partial charge in [0.25, 0.3) is 0 Å². The molecule has 2 aromatic rings. The van der Waals surface area contributed by atoms with Gasteiger partial charge in [-0.15, -0.1) is 24.0 Å². The fourth-order valence-electron chi connectivity index (χ4n) is 1.12. The standard InChI is InChI=1S/C8H8N2S2/c9-4-1-2-5-6(3-4)12-8(11)7(5)10/h1-3,11H,9-10H2. The van der Waals surface area contributed by atoms with Crippen LogP contribution in [0.1, 0.15) is 0 Å². The highest BCUT2D eigenvalue weighted by Gasteiger charge is 2.05. The number of fused-ring (bicyclic) bond motifs is 1. The summed E-state index contributed by atoms with van der Waals surface area (Å²) in [7, 11) is 0. The zero-order valence-corrected chi connectivity index (χ0v) is 7.95. The van der Waals surface area contributed by atoms with E-state index in [0.29, 0.717) is 0 Å². The Labute approximate surface area is 79.6 Å². The largest absolute Gasteiger partial charge is 0.399 e. The van der Waals surface area contributed by atoms with Crippen LogP contribution in [0.2, 0.25) is 0 Å². The topological polar surface area (TPSA) is 52.0 Å². The van der Waals surface area contributed by atoms with Gasteiger partial charge in [0.05, 0.1) is 9.90 Å². The average molecular weight is 196 g/mol. The summed E-state index contributed by atoms with van der Waals surface area (Å²) in [4.78, 5) is 0. The molecular formula is C8H8N2S2. The molecule has 0 aliphatic rings. The van der Waals surface area contributed by atoms with Gasteiger partial charge in [0.15, 0.2) is 0 Å². The lowest BCUT2D eigenvalue weighted by Gasteiger charge is -1.92. The molecule has 2 rings (SSSR count). The van der Waals surface area contributed by atoms with E-state index in [4.69, 9.17) is 11.5 Å². The quantitative estimate of drug-likeness (QED) is 0.447. The van der Waals surface area contributed by atoms with Gasteiger partial charge in [-0.25, -0.2) is 0 Å². The van der Waals surface area contributed by atoms with E-state index in [1.54, 1.807) is 11.3 Å². The van der Waals surface area contributed by atoms with E-state index in [1.807, 2.05) is 18.2 Å². The van der Waals surface area contributed by atoms with Crippen molar-refractivity contribution in [3.05, 3.63) is 18.2 Å². The monoisotopic (exact) mass is 196 g/mol. The SMILES string of the molecule is Nc1ccc2c(N)c(S)sc2c1. The molecule has 0 unspecified atom stereocenters. The third-order valence-electron chi connectivity index (χ3n) is 1.73. The molecular weight excluding hydrogens is 188 g/mol. The zero-order valence-electron chi connectivity index (χ0n) is 6.24. The highest BCUT2D eigenvalue weighted by atomic mass is 32.2. The van der Waals surface area contributed by atoms with E-state index in [9.17, 15) is 0 Å². The predicted molar refractivity (Wildman–Crippen MR) is 57.9 cm³/mol. The first-order valence-electron chi connectivity index (χ1n) is 3.45. The van der Waals surface area contributed by atoms with Crippen molar-refractivity contribution in [1.29, 1.82) is 0 Å². The van der Waals surface area contributed by atoms with Gasteiger partial charge in [-0.2, -0.15) is 0 Å².